The first kappa shape index (κ1) is 40.7. The number of carbonyl (C=O) groups excluding carboxylic acids is 2. The first-order valence-electron chi connectivity index (χ1n) is 17.3. The topological polar surface area (TPSA) is 60.2 Å². The largest absolute Gasteiger partial charge is 0.329 e. The molecule has 0 aliphatic heterocycles. The number of carbonyl (C=O) groups is 2. The Hall–Kier alpha value is -0.410. The van der Waals surface area contributed by atoms with Crippen LogP contribution in [0.1, 0.15) is 201 Å². The van der Waals surface area contributed by atoms with E-state index in [0.717, 1.165) is 25.7 Å². The van der Waals surface area contributed by atoms with Crippen molar-refractivity contribution in [3.05, 3.63) is 0 Å². The number of Topliss-reactive ketones (excluding diaryl/α,β-unsaturated/α-hetero) is 2. The van der Waals surface area contributed by atoms with Crippen molar-refractivity contribution in [3.8, 4) is 0 Å². The Kier molecular flexibility index (Phi) is 31.9. The van der Waals surface area contributed by atoms with Gasteiger partial charge in [0.25, 0.3) is 0 Å². The molecular formula is C35H70ClNO2. The lowest BCUT2D eigenvalue weighted by Gasteiger charge is -2.25. The summed E-state index contributed by atoms with van der Waals surface area (Å²) < 4.78 is 0. The van der Waals surface area contributed by atoms with Crippen LogP contribution in [-0.2, 0) is 9.59 Å². The molecule has 0 saturated heterocycles. The van der Waals surface area contributed by atoms with Gasteiger partial charge >= 0.3 is 0 Å². The van der Waals surface area contributed by atoms with Crippen molar-refractivity contribution < 1.29 is 9.59 Å². The van der Waals surface area contributed by atoms with Crippen LogP contribution in [-0.4, -0.2) is 18.1 Å². The molecule has 0 bridgehead atoms. The molecule has 3 nitrogen and oxygen atoms in total. The fourth-order valence-electron chi connectivity index (χ4n) is 5.54. The predicted molar refractivity (Wildman–Crippen MR) is 175 cm³/mol. The molecule has 234 valence electrons. The normalized spacial score (nSPS) is 11.5. The van der Waals surface area contributed by atoms with Crippen LogP contribution in [0, 0.1) is 5.41 Å². The summed E-state index contributed by atoms with van der Waals surface area (Å²) in [5, 5.41) is 0. The maximum absolute atomic E-state index is 12.9. The van der Waals surface area contributed by atoms with Gasteiger partial charge < -0.3 is 5.73 Å². The Morgan fingerprint density at radius 3 is 0.846 bits per heavy atom. The van der Waals surface area contributed by atoms with Gasteiger partial charge in [-0.25, -0.2) is 0 Å². The Balaban J connectivity index is 0. The molecule has 0 radical (unpaired) electrons. The molecule has 39 heavy (non-hydrogen) atoms. The Bertz CT molecular complexity index is 495. The zero-order chi connectivity index (χ0) is 28.2. The van der Waals surface area contributed by atoms with Crippen molar-refractivity contribution in [3.63, 3.8) is 0 Å². The van der Waals surface area contributed by atoms with Crippen LogP contribution < -0.4 is 5.73 Å². The van der Waals surface area contributed by atoms with Crippen molar-refractivity contribution in [2.45, 2.75) is 201 Å². The maximum Gasteiger partial charge on any atom is 0.147 e. The average Bonchev–Trinajstić information content (AvgIpc) is 2.93. The van der Waals surface area contributed by atoms with E-state index in [1.54, 1.807) is 6.92 Å². The summed E-state index contributed by atoms with van der Waals surface area (Å²) >= 11 is 0. The lowest BCUT2D eigenvalue weighted by Crippen LogP contribution is -2.43. The highest BCUT2D eigenvalue weighted by Crippen LogP contribution is 2.25. The third-order valence-electron chi connectivity index (χ3n) is 8.65. The number of ketones is 2. The number of nitrogens with two attached hydrogens (primary N) is 1. The van der Waals surface area contributed by atoms with E-state index >= 15 is 0 Å². The molecular weight excluding hydrogens is 502 g/mol. The Labute approximate surface area is 251 Å². The highest BCUT2D eigenvalue weighted by Gasteiger charge is 2.37. The molecule has 0 fully saturated rings. The van der Waals surface area contributed by atoms with Gasteiger partial charge in [0, 0.05) is 19.4 Å². The van der Waals surface area contributed by atoms with Gasteiger partial charge in [-0.15, -0.1) is 12.4 Å². The number of rotatable bonds is 31. The van der Waals surface area contributed by atoms with Gasteiger partial charge in [-0.1, -0.05) is 168 Å². The second-order valence-corrected chi connectivity index (χ2v) is 12.4. The van der Waals surface area contributed by atoms with Gasteiger partial charge in [-0.3, -0.25) is 9.59 Å². The first-order valence-corrected chi connectivity index (χ1v) is 17.3. The molecule has 2 N–H and O–H groups in total. The van der Waals surface area contributed by atoms with Crippen molar-refractivity contribution in [1.82, 2.24) is 0 Å². The number of hydrogen-bond donors (Lipinski definition) is 1. The monoisotopic (exact) mass is 572 g/mol. The van der Waals surface area contributed by atoms with Crippen molar-refractivity contribution in [2.24, 2.45) is 11.1 Å². The van der Waals surface area contributed by atoms with Crippen molar-refractivity contribution in [1.29, 1.82) is 0 Å². The summed E-state index contributed by atoms with van der Waals surface area (Å²) in [4.78, 5) is 25.7. The molecule has 0 spiro atoms. The fourth-order valence-corrected chi connectivity index (χ4v) is 5.54. The molecule has 0 aliphatic rings. The molecule has 0 atom stereocenters. The molecule has 0 aromatic heterocycles. The minimum atomic E-state index is -0.964. The molecule has 0 aromatic rings. The zero-order valence-electron chi connectivity index (χ0n) is 26.8. The van der Waals surface area contributed by atoms with E-state index in [4.69, 9.17) is 5.73 Å². The van der Waals surface area contributed by atoms with Gasteiger partial charge in [0.05, 0.1) is 5.41 Å². The first-order chi connectivity index (χ1) is 18.5. The fraction of sp³-hybridized carbons (Fsp3) is 0.943. The lowest BCUT2D eigenvalue weighted by atomic mass is 9.77. The summed E-state index contributed by atoms with van der Waals surface area (Å²) in [5.74, 6) is 0.144. The van der Waals surface area contributed by atoms with Crippen LogP contribution in [0.15, 0.2) is 0 Å². The quantitative estimate of drug-likeness (QED) is 0.0664. The highest BCUT2D eigenvalue weighted by atomic mass is 35.5. The summed E-state index contributed by atoms with van der Waals surface area (Å²) in [6.07, 6.45) is 34.7. The van der Waals surface area contributed by atoms with Gasteiger partial charge in [0.15, 0.2) is 0 Å². The van der Waals surface area contributed by atoms with Crippen molar-refractivity contribution >= 4 is 24.0 Å². The molecule has 0 rings (SSSR count). The smallest absolute Gasteiger partial charge is 0.147 e. The highest BCUT2D eigenvalue weighted by molar-refractivity contribution is 6.06. The minimum absolute atomic E-state index is 0. The number of hydrogen-bond acceptors (Lipinski definition) is 3. The maximum atomic E-state index is 12.9. The summed E-state index contributed by atoms with van der Waals surface area (Å²) in [7, 11) is 0. The molecule has 0 heterocycles. The van der Waals surface area contributed by atoms with Crippen LogP contribution in [0.5, 0.6) is 0 Å². The number of unbranched alkanes of at least 4 members (excludes halogenated alkanes) is 24. The van der Waals surface area contributed by atoms with Gasteiger partial charge in [0.2, 0.25) is 0 Å². The SMILES string of the molecule is CCCCCCCCCCCCCCCC(=O)C(C)(CN)C(=O)CCCCCCCCCCCCCCC.Cl. The molecule has 0 aromatic carbocycles. The van der Waals surface area contributed by atoms with E-state index in [2.05, 4.69) is 13.8 Å². The molecule has 0 aliphatic carbocycles. The third-order valence-corrected chi connectivity index (χ3v) is 8.65. The van der Waals surface area contributed by atoms with Crippen LogP contribution in [0.3, 0.4) is 0 Å². The summed E-state index contributed by atoms with van der Waals surface area (Å²) in [5.41, 5.74) is 4.99. The van der Waals surface area contributed by atoms with E-state index in [-0.39, 0.29) is 30.5 Å². The van der Waals surface area contributed by atoms with Crippen LogP contribution in [0.25, 0.3) is 0 Å². The average molecular weight is 572 g/mol. The predicted octanol–water partition coefficient (Wildman–Crippen LogP) is 11.5. The Morgan fingerprint density at radius 1 is 0.436 bits per heavy atom. The zero-order valence-corrected chi connectivity index (χ0v) is 27.6. The minimum Gasteiger partial charge on any atom is -0.329 e. The second-order valence-electron chi connectivity index (χ2n) is 12.4. The summed E-state index contributed by atoms with van der Waals surface area (Å²) in [6.45, 7) is 6.49. The Morgan fingerprint density at radius 2 is 0.641 bits per heavy atom. The van der Waals surface area contributed by atoms with Crippen LogP contribution >= 0.6 is 12.4 Å². The van der Waals surface area contributed by atoms with E-state index in [1.165, 1.54) is 141 Å². The van der Waals surface area contributed by atoms with Crippen molar-refractivity contribution in [2.75, 3.05) is 6.54 Å². The van der Waals surface area contributed by atoms with Gasteiger partial charge in [-0.2, -0.15) is 0 Å². The van der Waals surface area contributed by atoms with Crippen LogP contribution in [0.4, 0.5) is 0 Å². The van der Waals surface area contributed by atoms with Crippen LogP contribution in [0.2, 0.25) is 0 Å². The van der Waals surface area contributed by atoms with E-state index in [9.17, 15) is 9.59 Å². The lowest BCUT2D eigenvalue weighted by molar-refractivity contribution is -0.139. The van der Waals surface area contributed by atoms with E-state index in [0.29, 0.717) is 12.8 Å². The standard InChI is InChI=1S/C35H69NO2.ClH/c1-4-6-8-10-12-14-16-18-20-22-24-26-28-30-33(37)35(3,32-36)34(38)31-29-27-25-23-21-19-17-15-13-11-9-7-5-2;/h4-32,36H2,1-3H3;1H. The van der Waals surface area contributed by atoms with E-state index in [1.807, 2.05) is 0 Å². The number of halogens is 1. The molecule has 0 amide bonds. The molecule has 0 unspecified atom stereocenters. The van der Waals surface area contributed by atoms with Gasteiger partial charge in [-0.05, 0) is 19.8 Å². The van der Waals surface area contributed by atoms with Gasteiger partial charge in [0.1, 0.15) is 11.6 Å². The summed E-state index contributed by atoms with van der Waals surface area (Å²) in [6, 6.07) is 0. The molecule has 4 heteroatoms. The third kappa shape index (κ3) is 23.9. The molecule has 0 saturated carbocycles. The second kappa shape index (κ2) is 30.5. The van der Waals surface area contributed by atoms with E-state index < -0.39 is 5.41 Å².